The van der Waals surface area contributed by atoms with Gasteiger partial charge in [-0.15, -0.1) is 0 Å². The van der Waals surface area contributed by atoms with Crippen LogP contribution in [0.4, 0.5) is 5.82 Å². The number of nitrogens with zero attached hydrogens (tertiary/aromatic N) is 2. The third-order valence-electron chi connectivity index (χ3n) is 3.78. The van der Waals surface area contributed by atoms with Gasteiger partial charge in [0.25, 0.3) is 0 Å². The molecule has 1 saturated heterocycles. The van der Waals surface area contributed by atoms with E-state index < -0.39 is 10.0 Å². The van der Waals surface area contributed by atoms with Crippen LogP contribution in [-0.4, -0.2) is 37.8 Å². The summed E-state index contributed by atoms with van der Waals surface area (Å²) in [5, 5.41) is 2.86. The third kappa shape index (κ3) is 3.06. The minimum atomic E-state index is -3.37. The van der Waals surface area contributed by atoms with E-state index in [1.54, 1.807) is 23.5 Å². The van der Waals surface area contributed by atoms with Crippen molar-refractivity contribution in [3.8, 4) is 0 Å². The van der Waals surface area contributed by atoms with E-state index in [2.05, 4.69) is 17.2 Å². The van der Waals surface area contributed by atoms with Gasteiger partial charge in [0.05, 0.1) is 4.90 Å². The first-order valence-electron chi connectivity index (χ1n) is 6.72. The average molecular weight is 283 g/mol. The van der Waals surface area contributed by atoms with Gasteiger partial charge < -0.3 is 5.32 Å². The number of nitrogens with one attached hydrogen (secondary N) is 1. The molecule has 0 aromatic carbocycles. The van der Waals surface area contributed by atoms with Crippen LogP contribution in [0, 0.1) is 5.92 Å². The Balaban J connectivity index is 2.18. The first-order chi connectivity index (χ1) is 9.07. The quantitative estimate of drug-likeness (QED) is 0.917. The second-order valence-corrected chi connectivity index (χ2v) is 6.82. The van der Waals surface area contributed by atoms with Gasteiger partial charge in [0.2, 0.25) is 10.0 Å². The second-order valence-electron chi connectivity index (χ2n) is 4.88. The van der Waals surface area contributed by atoms with Crippen molar-refractivity contribution in [2.45, 2.75) is 31.1 Å². The molecule has 0 spiro atoms. The number of anilines is 1. The van der Waals surface area contributed by atoms with Gasteiger partial charge in [-0.3, -0.25) is 0 Å². The van der Waals surface area contributed by atoms with Gasteiger partial charge in [-0.2, -0.15) is 4.31 Å². The monoisotopic (exact) mass is 283 g/mol. The molecule has 2 heterocycles. The molecule has 106 valence electrons. The molecule has 1 N–H and O–H groups in total. The molecule has 0 bridgehead atoms. The lowest BCUT2D eigenvalue weighted by Gasteiger charge is -2.30. The van der Waals surface area contributed by atoms with Crippen LogP contribution in [0.15, 0.2) is 23.2 Å². The molecule has 0 atom stereocenters. The number of hydrogen-bond acceptors (Lipinski definition) is 4. The van der Waals surface area contributed by atoms with Gasteiger partial charge in [0.1, 0.15) is 5.82 Å². The van der Waals surface area contributed by atoms with Crippen molar-refractivity contribution >= 4 is 15.8 Å². The Morgan fingerprint density at radius 1 is 1.42 bits per heavy atom. The molecule has 1 aromatic heterocycles. The molecular formula is C13H21N3O2S. The number of hydrogen-bond donors (Lipinski definition) is 1. The Kier molecular flexibility index (Phi) is 4.42. The van der Waals surface area contributed by atoms with Crippen molar-refractivity contribution < 1.29 is 8.42 Å². The van der Waals surface area contributed by atoms with E-state index in [1.165, 1.54) is 6.20 Å². The maximum absolute atomic E-state index is 12.5. The molecule has 0 saturated carbocycles. The summed E-state index contributed by atoms with van der Waals surface area (Å²) >= 11 is 0. The molecule has 0 unspecified atom stereocenters. The highest BCUT2D eigenvalue weighted by Crippen LogP contribution is 2.25. The van der Waals surface area contributed by atoms with Crippen molar-refractivity contribution in [1.29, 1.82) is 0 Å². The zero-order valence-corrected chi connectivity index (χ0v) is 12.3. The molecule has 6 heteroatoms. The van der Waals surface area contributed by atoms with Crippen molar-refractivity contribution in [2.75, 3.05) is 25.5 Å². The molecule has 1 aliphatic rings. The number of pyridine rings is 1. The number of rotatable bonds is 4. The molecule has 1 fully saturated rings. The van der Waals surface area contributed by atoms with E-state index in [0.29, 0.717) is 29.7 Å². The summed E-state index contributed by atoms with van der Waals surface area (Å²) in [6.07, 6.45) is 4.57. The number of sulfonamides is 1. The van der Waals surface area contributed by atoms with Gasteiger partial charge in [0.15, 0.2) is 0 Å². The van der Waals surface area contributed by atoms with E-state index in [0.717, 1.165) is 19.3 Å². The van der Waals surface area contributed by atoms with Gasteiger partial charge in [-0.25, -0.2) is 13.4 Å². The lowest BCUT2D eigenvalue weighted by atomic mass is 9.96. The highest BCUT2D eigenvalue weighted by Gasteiger charge is 2.28. The average Bonchev–Trinajstić information content (AvgIpc) is 2.47. The van der Waals surface area contributed by atoms with Crippen LogP contribution in [0.5, 0.6) is 0 Å². The molecule has 0 amide bonds. The highest BCUT2D eigenvalue weighted by molar-refractivity contribution is 7.89. The van der Waals surface area contributed by atoms with E-state index in [9.17, 15) is 8.42 Å². The maximum atomic E-state index is 12.5. The van der Waals surface area contributed by atoms with Crippen molar-refractivity contribution in [2.24, 2.45) is 5.92 Å². The Hall–Kier alpha value is -1.14. The molecule has 0 aliphatic carbocycles. The largest absolute Gasteiger partial charge is 0.373 e. The first-order valence-corrected chi connectivity index (χ1v) is 8.16. The van der Waals surface area contributed by atoms with Crippen LogP contribution in [0.3, 0.4) is 0 Å². The summed E-state index contributed by atoms with van der Waals surface area (Å²) in [6.45, 7) is 3.41. The molecule has 5 nitrogen and oxygen atoms in total. The van der Waals surface area contributed by atoms with Crippen LogP contribution >= 0.6 is 0 Å². The lowest BCUT2D eigenvalue weighted by Crippen LogP contribution is -2.38. The van der Waals surface area contributed by atoms with Crippen LogP contribution in [-0.2, 0) is 10.0 Å². The molecule has 1 aromatic rings. The number of piperidine rings is 1. The summed E-state index contributed by atoms with van der Waals surface area (Å²) in [7, 11) is -1.65. The van der Waals surface area contributed by atoms with Crippen LogP contribution < -0.4 is 5.32 Å². The van der Waals surface area contributed by atoms with Crippen molar-refractivity contribution in [3.63, 3.8) is 0 Å². The Morgan fingerprint density at radius 2 is 2.11 bits per heavy atom. The minimum absolute atomic E-state index is 0.321. The lowest BCUT2D eigenvalue weighted by molar-refractivity contribution is 0.269. The van der Waals surface area contributed by atoms with E-state index >= 15 is 0 Å². The molecular weight excluding hydrogens is 262 g/mol. The normalized spacial score (nSPS) is 18.4. The predicted molar refractivity (Wildman–Crippen MR) is 75.6 cm³/mol. The van der Waals surface area contributed by atoms with Crippen molar-refractivity contribution in [3.05, 3.63) is 18.3 Å². The van der Waals surface area contributed by atoms with Crippen molar-refractivity contribution in [1.82, 2.24) is 9.29 Å². The zero-order chi connectivity index (χ0) is 13.9. The molecule has 0 radical (unpaired) electrons. The van der Waals surface area contributed by atoms with Gasteiger partial charge in [0, 0.05) is 32.4 Å². The van der Waals surface area contributed by atoms with E-state index in [4.69, 9.17) is 0 Å². The zero-order valence-electron chi connectivity index (χ0n) is 11.5. The molecule has 1 aliphatic heterocycles. The summed E-state index contributed by atoms with van der Waals surface area (Å²) in [6, 6.07) is 3.14. The topological polar surface area (TPSA) is 62.3 Å². The third-order valence-corrected chi connectivity index (χ3v) is 5.67. The fraction of sp³-hybridized carbons (Fsp3) is 0.615. The molecule has 19 heavy (non-hydrogen) atoms. The summed E-state index contributed by atoms with van der Waals surface area (Å²) in [5.74, 6) is 1.24. The second kappa shape index (κ2) is 5.88. The highest BCUT2D eigenvalue weighted by atomic mass is 32.2. The van der Waals surface area contributed by atoms with Crippen LogP contribution in [0.1, 0.15) is 26.2 Å². The fourth-order valence-corrected chi connectivity index (χ4v) is 3.90. The minimum Gasteiger partial charge on any atom is -0.373 e. The fourth-order valence-electron chi connectivity index (χ4n) is 2.42. The number of aromatic nitrogens is 1. The molecule has 2 rings (SSSR count). The SMILES string of the molecule is CCC1CCN(S(=O)(=O)c2ccnc(NC)c2)CC1. The smallest absolute Gasteiger partial charge is 0.243 e. The summed E-state index contributed by atoms with van der Waals surface area (Å²) in [4.78, 5) is 4.37. The Labute approximate surface area is 115 Å². The first kappa shape index (κ1) is 14.3. The standard InChI is InChI=1S/C13H21N3O2S/c1-3-11-5-8-16(9-6-11)19(17,18)12-4-7-15-13(10-12)14-2/h4,7,10-11H,3,5-6,8-9H2,1-2H3,(H,14,15). The van der Waals surface area contributed by atoms with E-state index in [-0.39, 0.29) is 0 Å². The van der Waals surface area contributed by atoms with Gasteiger partial charge in [-0.05, 0) is 24.8 Å². The van der Waals surface area contributed by atoms with Crippen LogP contribution in [0.25, 0.3) is 0 Å². The predicted octanol–water partition coefficient (Wildman–Crippen LogP) is 1.93. The van der Waals surface area contributed by atoms with Gasteiger partial charge >= 0.3 is 0 Å². The van der Waals surface area contributed by atoms with E-state index in [1.807, 2.05) is 0 Å². The summed E-state index contributed by atoms with van der Waals surface area (Å²) < 4.78 is 26.6. The summed E-state index contributed by atoms with van der Waals surface area (Å²) in [5.41, 5.74) is 0. The van der Waals surface area contributed by atoms with Gasteiger partial charge in [-0.1, -0.05) is 13.3 Å². The maximum Gasteiger partial charge on any atom is 0.243 e. The Bertz CT molecular complexity index is 522. The van der Waals surface area contributed by atoms with Crippen LogP contribution in [0.2, 0.25) is 0 Å². The Morgan fingerprint density at radius 3 is 2.68 bits per heavy atom.